The Hall–Kier alpha value is -1.71. The maximum absolute atomic E-state index is 12.2. The number of nitrogens with zero attached hydrogens (tertiary/aromatic N) is 1. The van der Waals surface area contributed by atoms with Crippen molar-refractivity contribution in [2.75, 3.05) is 26.4 Å². The van der Waals surface area contributed by atoms with Crippen LogP contribution in [0.15, 0.2) is 18.2 Å². The molecular weight excluding hydrogens is 228 g/mol. The first-order chi connectivity index (χ1) is 8.58. The highest BCUT2D eigenvalue weighted by Crippen LogP contribution is 2.19. The Kier molecular flexibility index (Phi) is 5.49. The molecule has 1 aromatic rings. The third-order valence-electron chi connectivity index (χ3n) is 2.86. The zero-order chi connectivity index (χ0) is 13.5. The first kappa shape index (κ1) is 14.4. The van der Waals surface area contributed by atoms with Crippen LogP contribution in [0, 0.1) is 0 Å². The highest BCUT2D eigenvalue weighted by molar-refractivity contribution is 5.95. The smallest absolute Gasteiger partial charge is 0.253 e. The second-order valence-corrected chi connectivity index (χ2v) is 4.43. The van der Waals surface area contributed by atoms with Crippen LogP contribution in [0.1, 0.15) is 36.5 Å². The number of unbranched alkanes of at least 4 members (excludes halogenated alkanes) is 2. The number of methoxy groups -OCH3 is 1. The van der Waals surface area contributed by atoms with Gasteiger partial charge in [-0.25, -0.2) is 0 Å². The molecule has 0 aliphatic heterocycles. The summed E-state index contributed by atoms with van der Waals surface area (Å²) in [6.45, 7) is 2.91. The lowest BCUT2D eigenvalue weighted by Crippen LogP contribution is -2.27. The van der Waals surface area contributed by atoms with Crippen molar-refractivity contribution in [3.05, 3.63) is 23.8 Å². The molecule has 1 amide bonds. The van der Waals surface area contributed by atoms with Gasteiger partial charge in [0, 0.05) is 30.9 Å². The maximum atomic E-state index is 12.2. The quantitative estimate of drug-likeness (QED) is 0.623. The molecule has 0 aromatic heterocycles. The first-order valence-electron chi connectivity index (χ1n) is 6.28. The van der Waals surface area contributed by atoms with E-state index in [0.29, 0.717) is 17.0 Å². The van der Waals surface area contributed by atoms with Crippen molar-refractivity contribution >= 4 is 11.6 Å². The predicted octanol–water partition coefficient (Wildman–Crippen LogP) is 2.54. The van der Waals surface area contributed by atoms with Crippen LogP contribution < -0.4 is 10.5 Å². The molecule has 18 heavy (non-hydrogen) atoms. The first-order valence-corrected chi connectivity index (χ1v) is 6.28. The zero-order valence-electron chi connectivity index (χ0n) is 11.4. The van der Waals surface area contributed by atoms with Gasteiger partial charge in [0.05, 0.1) is 7.11 Å². The summed E-state index contributed by atoms with van der Waals surface area (Å²) in [4.78, 5) is 13.9. The fourth-order valence-electron chi connectivity index (χ4n) is 1.78. The van der Waals surface area contributed by atoms with Gasteiger partial charge in [0.2, 0.25) is 0 Å². The van der Waals surface area contributed by atoms with Crippen LogP contribution in [0.3, 0.4) is 0 Å². The molecule has 100 valence electrons. The Labute approximate surface area is 109 Å². The van der Waals surface area contributed by atoms with Gasteiger partial charge >= 0.3 is 0 Å². The normalized spacial score (nSPS) is 10.2. The lowest BCUT2D eigenvalue weighted by atomic mass is 10.1. The van der Waals surface area contributed by atoms with Gasteiger partial charge in [-0.15, -0.1) is 0 Å². The fraction of sp³-hybridized carbons (Fsp3) is 0.500. The van der Waals surface area contributed by atoms with Gasteiger partial charge in [-0.3, -0.25) is 4.79 Å². The lowest BCUT2D eigenvalue weighted by molar-refractivity contribution is 0.0792. The molecule has 0 saturated heterocycles. The molecule has 0 unspecified atom stereocenters. The van der Waals surface area contributed by atoms with Crippen molar-refractivity contribution in [1.29, 1.82) is 0 Å². The number of carbonyl (C=O) groups is 1. The van der Waals surface area contributed by atoms with Gasteiger partial charge in [0.1, 0.15) is 5.75 Å². The predicted molar refractivity (Wildman–Crippen MR) is 73.9 cm³/mol. The third-order valence-corrected chi connectivity index (χ3v) is 2.86. The largest absolute Gasteiger partial charge is 0.497 e. The average molecular weight is 250 g/mol. The lowest BCUT2D eigenvalue weighted by Gasteiger charge is -2.17. The van der Waals surface area contributed by atoms with Crippen molar-refractivity contribution in [1.82, 2.24) is 4.90 Å². The minimum Gasteiger partial charge on any atom is -0.497 e. The van der Waals surface area contributed by atoms with E-state index in [0.717, 1.165) is 25.8 Å². The average Bonchev–Trinajstić information content (AvgIpc) is 2.37. The molecule has 0 aliphatic carbocycles. The van der Waals surface area contributed by atoms with E-state index in [2.05, 4.69) is 6.92 Å². The number of hydrogen-bond acceptors (Lipinski definition) is 3. The van der Waals surface area contributed by atoms with E-state index in [1.807, 2.05) is 7.05 Å². The Morgan fingerprint density at radius 3 is 2.67 bits per heavy atom. The van der Waals surface area contributed by atoms with Crippen molar-refractivity contribution in [2.45, 2.75) is 26.2 Å². The number of nitrogen functional groups attached to an aromatic ring is 1. The molecule has 1 aromatic carbocycles. The van der Waals surface area contributed by atoms with Crippen LogP contribution in [0.4, 0.5) is 5.69 Å². The molecule has 0 radical (unpaired) electrons. The summed E-state index contributed by atoms with van der Waals surface area (Å²) < 4.78 is 5.11. The van der Waals surface area contributed by atoms with E-state index < -0.39 is 0 Å². The number of hydrogen-bond donors (Lipinski definition) is 1. The number of rotatable bonds is 6. The van der Waals surface area contributed by atoms with Gasteiger partial charge < -0.3 is 15.4 Å². The van der Waals surface area contributed by atoms with E-state index in [-0.39, 0.29) is 5.91 Å². The second kappa shape index (κ2) is 6.89. The second-order valence-electron chi connectivity index (χ2n) is 4.43. The van der Waals surface area contributed by atoms with Gasteiger partial charge in [0.25, 0.3) is 5.91 Å². The summed E-state index contributed by atoms with van der Waals surface area (Å²) in [5, 5.41) is 0. The summed E-state index contributed by atoms with van der Waals surface area (Å²) in [6.07, 6.45) is 3.31. The van der Waals surface area contributed by atoms with E-state index >= 15 is 0 Å². The molecular formula is C14H22N2O2. The molecule has 0 heterocycles. The summed E-state index contributed by atoms with van der Waals surface area (Å²) in [5.74, 6) is 0.594. The van der Waals surface area contributed by atoms with Crippen molar-refractivity contribution < 1.29 is 9.53 Å². The molecule has 4 heteroatoms. The monoisotopic (exact) mass is 250 g/mol. The van der Waals surface area contributed by atoms with Gasteiger partial charge in [-0.2, -0.15) is 0 Å². The number of benzene rings is 1. The number of carbonyl (C=O) groups excluding carboxylic acids is 1. The molecule has 2 N–H and O–H groups in total. The molecule has 0 atom stereocenters. The topological polar surface area (TPSA) is 55.6 Å². The van der Waals surface area contributed by atoms with E-state index in [9.17, 15) is 4.79 Å². The molecule has 0 spiro atoms. The molecule has 0 bridgehead atoms. The summed E-state index contributed by atoms with van der Waals surface area (Å²) >= 11 is 0. The number of anilines is 1. The van der Waals surface area contributed by atoms with Crippen LogP contribution in [0.5, 0.6) is 5.75 Å². The molecule has 1 rings (SSSR count). The molecule has 0 aliphatic rings. The summed E-state index contributed by atoms with van der Waals surface area (Å²) in [6, 6.07) is 5.10. The Balaban J connectivity index is 2.73. The number of ether oxygens (including phenoxy) is 1. The van der Waals surface area contributed by atoms with Crippen molar-refractivity contribution in [3.63, 3.8) is 0 Å². The minimum absolute atomic E-state index is 0.0169. The van der Waals surface area contributed by atoms with Crippen LogP contribution in [-0.2, 0) is 0 Å². The highest BCUT2D eigenvalue weighted by atomic mass is 16.5. The SMILES string of the molecule is CCCCCN(C)C(=O)c1cc(N)cc(OC)c1. The van der Waals surface area contributed by atoms with E-state index in [4.69, 9.17) is 10.5 Å². The Morgan fingerprint density at radius 1 is 1.33 bits per heavy atom. The fourth-order valence-corrected chi connectivity index (χ4v) is 1.78. The Bertz CT molecular complexity index is 405. The molecule has 0 fully saturated rings. The van der Waals surface area contributed by atoms with Crippen molar-refractivity contribution in [3.8, 4) is 5.75 Å². The van der Waals surface area contributed by atoms with Crippen LogP contribution in [0.25, 0.3) is 0 Å². The molecule has 4 nitrogen and oxygen atoms in total. The third kappa shape index (κ3) is 3.95. The molecule has 0 saturated carbocycles. The van der Waals surface area contributed by atoms with Crippen LogP contribution in [0.2, 0.25) is 0 Å². The van der Waals surface area contributed by atoms with Crippen LogP contribution in [-0.4, -0.2) is 31.5 Å². The van der Waals surface area contributed by atoms with E-state index in [1.54, 1.807) is 30.2 Å². The van der Waals surface area contributed by atoms with Gasteiger partial charge in [0.15, 0.2) is 0 Å². The Morgan fingerprint density at radius 2 is 2.06 bits per heavy atom. The minimum atomic E-state index is -0.0169. The van der Waals surface area contributed by atoms with Gasteiger partial charge in [-0.1, -0.05) is 19.8 Å². The maximum Gasteiger partial charge on any atom is 0.253 e. The van der Waals surface area contributed by atoms with Crippen molar-refractivity contribution in [2.24, 2.45) is 0 Å². The summed E-state index contributed by atoms with van der Waals surface area (Å²) in [5.41, 5.74) is 6.86. The van der Waals surface area contributed by atoms with E-state index in [1.165, 1.54) is 0 Å². The number of nitrogens with two attached hydrogens (primary N) is 1. The standard InChI is InChI=1S/C14H22N2O2/c1-4-5-6-7-16(2)14(17)11-8-12(15)10-13(9-11)18-3/h8-10H,4-7,15H2,1-3H3. The summed E-state index contributed by atoms with van der Waals surface area (Å²) in [7, 11) is 3.38. The zero-order valence-corrected chi connectivity index (χ0v) is 11.4. The number of amides is 1. The van der Waals surface area contributed by atoms with Crippen LogP contribution >= 0.6 is 0 Å². The van der Waals surface area contributed by atoms with Gasteiger partial charge in [-0.05, 0) is 18.6 Å². The highest BCUT2D eigenvalue weighted by Gasteiger charge is 2.12.